The molecule has 1 aromatic carbocycles. The first-order valence-corrected chi connectivity index (χ1v) is 7.78. The average Bonchev–Trinajstić information content (AvgIpc) is 3.13. The first-order valence-electron chi connectivity index (χ1n) is 7.78. The first kappa shape index (κ1) is 13.6. The summed E-state index contributed by atoms with van der Waals surface area (Å²) in [6.45, 7) is 3.02. The number of ketones is 1. The lowest BCUT2D eigenvalue weighted by Crippen LogP contribution is -2.10. The van der Waals surface area contributed by atoms with Gasteiger partial charge >= 0.3 is 0 Å². The summed E-state index contributed by atoms with van der Waals surface area (Å²) in [6, 6.07) is 6.35. The second kappa shape index (κ2) is 6.40. The standard InChI is InChI=1S/C17H23NO2/c19-16(5-2-14-7-9-18-12-14)4-1-13-3-6-17-15(11-13)8-10-20-17/h3,6,11,14,18H,1-2,4-5,7-10,12H2. The number of ether oxygens (including phenoxy) is 1. The Morgan fingerprint density at radius 3 is 3.15 bits per heavy atom. The number of hydrogen-bond donors (Lipinski definition) is 1. The van der Waals surface area contributed by atoms with Gasteiger partial charge in [-0.15, -0.1) is 0 Å². The molecule has 3 nitrogen and oxygen atoms in total. The van der Waals surface area contributed by atoms with E-state index in [-0.39, 0.29) is 0 Å². The molecule has 1 aromatic rings. The molecule has 0 spiro atoms. The fourth-order valence-electron chi connectivity index (χ4n) is 3.13. The summed E-state index contributed by atoms with van der Waals surface area (Å²) >= 11 is 0. The lowest BCUT2D eigenvalue weighted by Gasteiger charge is -2.07. The highest BCUT2D eigenvalue weighted by atomic mass is 16.5. The molecule has 0 aromatic heterocycles. The van der Waals surface area contributed by atoms with E-state index in [4.69, 9.17) is 4.74 Å². The van der Waals surface area contributed by atoms with Crippen LogP contribution in [0.5, 0.6) is 5.75 Å². The quantitative estimate of drug-likeness (QED) is 0.865. The van der Waals surface area contributed by atoms with Gasteiger partial charge in [-0.2, -0.15) is 0 Å². The van der Waals surface area contributed by atoms with Gasteiger partial charge in [0.25, 0.3) is 0 Å². The van der Waals surface area contributed by atoms with Crippen molar-refractivity contribution in [3.8, 4) is 5.75 Å². The van der Waals surface area contributed by atoms with Crippen LogP contribution in [0.15, 0.2) is 18.2 Å². The Bertz CT molecular complexity index is 478. The van der Waals surface area contributed by atoms with Crippen LogP contribution in [-0.4, -0.2) is 25.5 Å². The minimum atomic E-state index is 0.411. The van der Waals surface area contributed by atoms with Crippen molar-refractivity contribution in [3.63, 3.8) is 0 Å². The molecule has 0 saturated carbocycles. The van der Waals surface area contributed by atoms with Crippen LogP contribution in [0.4, 0.5) is 0 Å². The molecule has 2 aliphatic heterocycles. The largest absolute Gasteiger partial charge is 0.493 e. The van der Waals surface area contributed by atoms with Crippen molar-refractivity contribution in [2.75, 3.05) is 19.7 Å². The predicted octanol–water partition coefficient (Wildman–Crippen LogP) is 2.51. The third kappa shape index (κ3) is 3.40. The molecular formula is C17H23NO2. The Morgan fingerprint density at radius 1 is 1.35 bits per heavy atom. The summed E-state index contributed by atoms with van der Waals surface area (Å²) < 4.78 is 5.50. The van der Waals surface area contributed by atoms with Gasteiger partial charge in [0.2, 0.25) is 0 Å². The molecule has 108 valence electrons. The fourth-order valence-corrected chi connectivity index (χ4v) is 3.13. The van der Waals surface area contributed by atoms with Crippen LogP contribution in [-0.2, 0) is 17.6 Å². The number of Topliss-reactive ketones (excluding diaryl/α,β-unsaturated/α-hetero) is 1. The average molecular weight is 273 g/mol. The Kier molecular flexibility index (Phi) is 4.36. The Morgan fingerprint density at radius 2 is 2.30 bits per heavy atom. The van der Waals surface area contributed by atoms with Crippen molar-refractivity contribution in [3.05, 3.63) is 29.3 Å². The van der Waals surface area contributed by atoms with E-state index in [2.05, 4.69) is 17.4 Å². The number of rotatable bonds is 6. The third-order valence-corrected chi connectivity index (χ3v) is 4.44. The highest BCUT2D eigenvalue weighted by Crippen LogP contribution is 2.26. The van der Waals surface area contributed by atoms with Gasteiger partial charge in [-0.05, 0) is 55.5 Å². The maximum atomic E-state index is 12.0. The second-order valence-electron chi connectivity index (χ2n) is 5.98. The van der Waals surface area contributed by atoms with Gasteiger partial charge in [0.15, 0.2) is 0 Å². The number of carbonyl (C=O) groups is 1. The number of aryl methyl sites for hydroxylation is 1. The SMILES string of the molecule is O=C(CCc1ccc2c(c1)CCO2)CCC1CCNC1. The number of nitrogens with one attached hydrogen (secondary N) is 1. The van der Waals surface area contributed by atoms with Crippen LogP contribution >= 0.6 is 0 Å². The normalized spacial score (nSPS) is 20.7. The Balaban J connectivity index is 1.43. The smallest absolute Gasteiger partial charge is 0.133 e. The molecule has 0 radical (unpaired) electrons. The van der Waals surface area contributed by atoms with E-state index in [1.165, 1.54) is 17.5 Å². The first-order chi connectivity index (χ1) is 9.81. The molecule has 1 unspecified atom stereocenters. The maximum absolute atomic E-state index is 12.0. The molecule has 1 atom stereocenters. The van der Waals surface area contributed by atoms with E-state index < -0.39 is 0 Å². The number of hydrogen-bond acceptors (Lipinski definition) is 3. The van der Waals surface area contributed by atoms with Crippen molar-refractivity contribution in [1.29, 1.82) is 0 Å². The van der Waals surface area contributed by atoms with E-state index in [9.17, 15) is 4.79 Å². The number of carbonyl (C=O) groups excluding carboxylic acids is 1. The van der Waals surface area contributed by atoms with Crippen molar-refractivity contribution >= 4 is 5.78 Å². The zero-order valence-electron chi connectivity index (χ0n) is 12.0. The second-order valence-corrected chi connectivity index (χ2v) is 5.98. The summed E-state index contributed by atoms with van der Waals surface area (Å²) in [7, 11) is 0. The van der Waals surface area contributed by atoms with Crippen molar-refractivity contribution in [2.45, 2.75) is 38.5 Å². The van der Waals surface area contributed by atoms with Crippen LogP contribution < -0.4 is 10.1 Å². The molecule has 3 heteroatoms. The van der Waals surface area contributed by atoms with Gasteiger partial charge in [0.1, 0.15) is 11.5 Å². The highest BCUT2D eigenvalue weighted by Gasteiger charge is 2.16. The summed E-state index contributed by atoms with van der Waals surface area (Å²) in [5.41, 5.74) is 2.57. The minimum Gasteiger partial charge on any atom is -0.493 e. The van der Waals surface area contributed by atoms with E-state index in [0.717, 1.165) is 57.0 Å². The summed E-state index contributed by atoms with van der Waals surface area (Å²) in [4.78, 5) is 12.0. The molecule has 2 heterocycles. The van der Waals surface area contributed by atoms with E-state index in [1.807, 2.05) is 6.07 Å². The molecule has 1 N–H and O–H groups in total. The van der Waals surface area contributed by atoms with Crippen molar-refractivity contribution in [1.82, 2.24) is 5.32 Å². The third-order valence-electron chi connectivity index (χ3n) is 4.44. The van der Waals surface area contributed by atoms with E-state index in [1.54, 1.807) is 0 Å². The van der Waals surface area contributed by atoms with Crippen LogP contribution in [0.3, 0.4) is 0 Å². The lowest BCUT2D eigenvalue weighted by atomic mass is 9.97. The van der Waals surface area contributed by atoms with Crippen LogP contribution in [0.25, 0.3) is 0 Å². The summed E-state index contributed by atoms with van der Waals surface area (Å²) in [6.07, 6.45) is 5.60. The van der Waals surface area contributed by atoms with E-state index >= 15 is 0 Å². The van der Waals surface area contributed by atoms with Crippen LogP contribution in [0, 0.1) is 5.92 Å². The molecular weight excluding hydrogens is 250 g/mol. The van der Waals surface area contributed by atoms with Gasteiger partial charge in [-0.3, -0.25) is 4.79 Å². The molecule has 0 bridgehead atoms. The van der Waals surface area contributed by atoms with Crippen LogP contribution in [0.2, 0.25) is 0 Å². The number of benzene rings is 1. The minimum absolute atomic E-state index is 0.411. The molecule has 1 fully saturated rings. The van der Waals surface area contributed by atoms with Gasteiger partial charge in [0, 0.05) is 19.3 Å². The van der Waals surface area contributed by atoms with Gasteiger partial charge < -0.3 is 10.1 Å². The maximum Gasteiger partial charge on any atom is 0.133 e. The molecule has 0 amide bonds. The number of fused-ring (bicyclic) bond motifs is 1. The molecule has 2 aliphatic rings. The van der Waals surface area contributed by atoms with Crippen LogP contribution in [0.1, 0.15) is 36.8 Å². The van der Waals surface area contributed by atoms with Crippen molar-refractivity contribution in [2.24, 2.45) is 5.92 Å². The topological polar surface area (TPSA) is 38.3 Å². The van der Waals surface area contributed by atoms with E-state index in [0.29, 0.717) is 12.2 Å². The molecule has 3 rings (SSSR count). The summed E-state index contributed by atoms with van der Waals surface area (Å²) in [5.74, 6) is 2.15. The molecule has 1 saturated heterocycles. The highest BCUT2D eigenvalue weighted by molar-refractivity contribution is 5.78. The Labute approximate surface area is 120 Å². The van der Waals surface area contributed by atoms with Gasteiger partial charge in [-0.1, -0.05) is 12.1 Å². The molecule has 0 aliphatic carbocycles. The lowest BCUT2D eigenvalue weighted by molar-refractivity contribution is -0.119. The zero-order chi connectivity index (χ0) is 13.8. The zero-order valence-corrected chi connectivity index (χ0v) is 12.0. The fraction of sp³-hybridized carbons (Fsp3) is 0.588. The van der Waals surface area contributed by atoms with Crippen molar-refractivity contribution < 1.29 is 9.53 Å². The van der Waals surface area contributed by atoms with Gasteiger partial charge in [-0.25, -0.2) is 0 Å². The van der Waals surface area contributed by atoms with Gasteiger partial charge in [0.05, 0.1) is 6.61 Å². The monoisotopic (exact) mass is 273 g/mol. The predicted molar refractivity (Wildman–Crippen MR) is 79.2 cm³/mol. The summed E-state index contributed by atoms with van der Waals surface area (Å²) in [5, 5.41) is 3.35. The Hall–Kier alpha value is -1.35. The molecule has 20 heavy (non-hydrogen) atoms.